The summed E-state index contributed by atoms with van der Waals surface area (Å²) in [6, 6.07) is 28.8. The van der Waals surface area contributed by atoms with E-state index in [4.69, 9.17) is 4.98 Å². The van der Waals surface area contributed by atoms with E-state index >= 15 is 0 Å². The summed E-state index contributed by atoms with van der Waals surface area (Å²) in [6.45, 7) is 2.61. The molecule has 4 aromatic rings. The molecular formula is C32H28N6O2. The van der Waals surface area contributed by atoms with Gasteiger partial charge in [-0.3, -0.25) is 9.47 Å². The fraction of sp³-hybridized carbons (Fsp3) is 0.188. The normalized spacial score (nSPS) is 14.7. The summed E-state index contributed by atoms with van der Waals surface area (Å²) >= 11 is 0. The third-order valence-electron chi connectivity index (χ3n) is 7.82. The second-order valence-electron chi connectivity index (χ2n) is 10.3. The van der Waals surface area contributed by atoms with E-state index in [1.165, 1.54) is 11.8 Å². The number of hydrogen-bond acceptors (Lipinski definition) is 6. The second kappa shape index (κ2) is 10.1. The Hall–Kier alpha value is -4.82. The van der Waals surface area contributed by atoms with Crippen molar-refractivity contribution in [3.8, 4) is 33.9 Å². The van der Waals surface area contributed by atoms with Crippen molar-refractivity contribution in [2.45, 2.75) is 25.4 Å². The second-order valence-corrected chi connectivity index (χ2v) is 10.3. The standard InChI is InChI=1S/C32H28N6O2/c39-32-35-31-28(9-5-17-37(31)40)38(32)26-14-18-36(19-15-26)21-22-10-12-24(13-11-22)29-27(23-6-2-1-3-7-23)20-25-8-4-16-33-30(25)34-29/h1-13,16-17,20,26,40H,14-15,18-19,21H2. The summed E-state index contributed by atoms with van der Waals surface area (Å²) in [7, 11) is 0. The van der Waals surface area contributed by atoms with Crippen molar-refractivity contribution in [3.05, 3.63) is 113 Å². The highest BCUT2D eigenvalue weighted by Gasteiger charge is 2.27. The first-order chi connectivity index (χ1) is 19.6. The van der Waals surface area contributed by atoms with Gasteiger partial charge in [-0.05, 0) is 54.3 Å². The molecular weight excluding hydrogens is 500 g/mol. The lowest BCUT2D eigenvalue weighted by atomic mass is 9.97. The molecule has 0 radical (unpaired) electrons. The predicted octanol–water partition coefficient (Wildman–Crippen LogP) is 5.50. The van der Waals surface area contributed by atoms with Gasteiger partial charge in [0.1, 0.15) is 0 Å². The number of likely N-dealkylation sites (tertiary alicyclic amines) is 1. The quantitative estimate of drug-likeness (QED) is 0.297. The fourth-order valence-electron chi connectivity index (χ4n) is 5.80. The maximum Gasteiger partial charge on any atom is 0.350 e. The summed E-state index contributed by atoms with van der Waals surface area (Å²) in [6.07, 6.45) is 4.98. The maximum atomic E-state index is 12.6. The van der Waals surface area contributed by atoms with Crippen LogP contribution >= 0.6 is 0 Å². The van der Waals surface area contributed by atoms with Gasteiger partial charge in [0.05, 0.1) is 11.4 Å². The minimum absolute atomic E-state index is 0.0718. The van der Waals surface area contributed by atoms with E-state index in [0.717, 1.165) is 70.6 Å². The number of nitrogens with zero attached hydrogens (tertiary/aromatic N) is 6. The topological polar surface area (TPSA) is 89.1 Å². The Morgan fingerprint density at radius 3 is 2.45 bits per heavy atom. The Morgan fingerprint density at radius 1 is 0.850 bits per heavy atom. The van der Waals surface area contributed by atoms with Crippen LogP contribution in [0.2, 0.25) is 0 Å². The SMILES string of the molecule is O=c1nc2n(O)cccc-2n1C1CCN(Cc2ccc(-c3nc4ncccc4cc3-c3ccccc3)cc2)CC1. The molecule has 3 aliphatic rings. The average Bonchev–Trinajstić information content (AvgIpc) is 3.35. The molecule has 0 aliphatic carbocycles. The van der Waals surface area contributed by atoms with E-state index in [1.807, 2.05) is 24.3 Å². The van der Waals surface area contributed by atoms with E-state index in [2.05, 4.69) is 69.5 Å². The lowest BCUT2D eigenvalue weighted by Crippen LogP contribution is -2.36. The van der Waals surface area contributed by atoms with Crippen LogP contribution in [0.4, 0.5) is 0 Å². The van der Waals surface area contributed by atoms with Crippen LogP contribution in [0.25, 0.3) is 44.9 Å². The van der Waals surface area contributed by atoms with Crippen molar-refractivity contribution >= 4 is 11.0 Å². The van der Waals surface area contributed by atoms with Gasteiger partial charge in [-0.15, -0.1) is 0 Å². The molecule has 1 saturated heterocycles. The van der Waals surface area contributed by atoms with Gasteiger partial charge in [0.25, 0.3) is 0 Å². The Labute approximate surface area is 231 Å². The largest absolute Gasteiger partial charge is 0.427 e. The van der Waals surface area contributed by atoms with Crippen molar-refractivity contribution in [3.63, 3.8) is 0 Å². The van der Waals surface area contributed by atoms with Gasteiger partial charge in [0.2, 0.25) is 0 Å². The first-order valence-electron chi connectivity index (χ1n) is 13.6. The Balaban J connectivity index is 1.09. The molecule has 8 heteroatoms. The molecule has 0 bridgehead atoms. The zero-order valence-electron chi connectivity index (χ0n) is 21.9. The molecule has 8 nitrogen and oxygen atoms in total. The van der Waals surface area contributed by atoms with E-state index in [-0.39, 0.29) is 11.7 Å². The van der Waals surface area contributed by atoms with E-state index in [9.17, 15) is 10.0 Å². The minimum Gasteiger partial charge on any atom is -0.427 e. The number of piperidine rings is 1. The predicted molar refractivity (Wildman–Crippen MR) is 154 cm³/mol. The van der Waals surface area contributed by atoms with Crippen LogP contribution in [0, 0.1) is 0 Å². The van der Waals surface area contributed by atoms with Crippen LogP contribution in [-0.2, 0) is 6.54 Å². The number of benzene rings is 2. The van der Waals surface area contributed by atoms with Gasteiger partial charge in [-0.2, -0.15) is 9.71 Å². The van der Waals surface area contributed by atoms with Crippen LogP contribution in [-0.4, -0.2) is 47.4 Å². The molecule has 0 amide bonds. The van der Waals surface area contributed by atoms with Crippen molar-refractivity contribution in [2.75, 3.05) is 13.1 Å². The molecule has 198 valence electrons. The molecule has 0 spiro atoms. The molecule has 7 rings (SSSR count). The lowest BCUT2D eigenvalue weighted by molar-refractivity contribution is 0.177. The van der Waals surface area contributed by atoms with Gasteiger partial charge >= 0.3 is 5.69 Å². The molecule has 0 atom stereocenters. The number of aromatic nitrogens is 5. The molecule has 0 unspecified atom stereocenters. The van der Waals surface area contributed by atoms with Crippen molar-refractivity contribution in [1.29, 1.82) is 0 Å². The highest BCUT2D eigenvalue weighted by Crippen LogP contribution is 2.33. The molecule has 2 aromatic heterocycles. The zero-order chi connectivity index (χ0) is 27.1. The Morgan fingerprint density at radius 2 is 1.65 bits per heavy atom. The Bertz CT molecular complexity index is 1820. The van der Waals surface area contributed by atoms with Crippen LogP contribution < -0.4 is 5.69 Å². The molecule has 1 N–H and O–H groups in total. The van der Waals surface area contributed by atoms with Crippen molar-refractivity contribution < 1.29 is 5.21 Å². The number of hydrogen-bond donors (Lipinski definition) is 1. The maximum absolute atomic E-state index is 12.6. The van der Waals surface area contributed by atoms with Crippen LogP contribution in [0.15, 0.2) is 102 Å². The third kappa shape index (κ3) is 4.42. The average molecular weight is 529 g/mol. The van der Waals surface area contributed by atoms with E-state index in [0.29, 0.717) is 11.5 Å². The molecule has 40 heavy (non-hydrogen) atoms. The van der Waals surface area contributed by atoms with Crippen molar-refractivity contribution in [1.82, 2.24) is 29.1 Å². The highest BCUT2D eigenvalue weighted by atomic mass is 16.5. The minimum atomic E-state index is -0.301. The first kappa shape index (κ1) is 24.2. The summed E-state index contributed by atoms with van der Waals surface area (Å²) in [5.41, 5.74) is 6.56. The van der Waals surface area contributed by atoms with Crippen LogP contribution in [0.1, 0.15) is 24.4 Å². The molecule has 0 saturated carbocycles. The number of fused-ring (bicyclic) bond motifs is 2. The molecule has 5 heterocycles. The fourth-order valence-corrected chi connectivity index (χ4v) is 5.80. The summed E-state index contributed by atoms with van der Waals surface area (Å²) in [5, 5.41) is 11.0. The monoisotopic (exact) mass is 528 g/mol. The third-order valence-corrected chi connectivity index (χ3v) is 7.82. The summed E-state index contributed by atoms with van der Waals surface area (Å²) in [5.74, 6) is 0.308. The van der Waals surface area contributed by atoms with Gasteiger partial charge in [0, 0.05) is 54.6 Å². The summed E-state index contributed by atoms with van der Waals surface area (Å²) in [4.78, 5) is 28.5. The van der Waals surface area contributed by atoms with Crippen molar-refractivity contribution in [2.24, 2.45) is 0 Å². The zero-order valence-corrected chi connectivity index (χ0v) is 21.9. The van der Waals surface area contributed by atoms with Gasteiger partial charge in [-0.25, -0.2) is 14.8 Å². The highest BCUT2D eigenvalue weighted by molar-refractivity contribution is 5.90. The van der Waals surface area contributed by atoms with E-state index in [1.54, 1.807) is 16.8 Å². The number of pyridine rings is 3. The molecule has 3 aliphatic heterocycles. The van der Waals surface area contributed by atoms with Crippen LogP contribution in [0.5, 0.6) is 0 Å². The number of rotatable bonds is 5. The number of imidazole rings is 1. The first-order valence-corrected chi connectivity index (χ1v) is 13.6. The lowest BCUT2D eigenvalue weighted by Gasteiger charge is -2.32. The Kier molecular flexibility index (Phi) is 6.09. The smallest absolute Gasteiger partial charge is 0.350 e. The van der Waals surface area contributed by atoms with Gasteiger partial charge in [0.15, 0.2) is 11.5 Å². The summed E-state index contributed by atoms with van der Waals surface area (Å²) < 4.78 is 2.66. The van der Waals surface area contributed by atoms with Gasteiger partial charge in [-0.1, -0.05) is 54.6 Å². The van der Waals surface area contributed by atoms with E-state index < -0.39 is 0 Å². The molecule has 1 fully saturated rings. The van der Waals surface area contributed by atoms with Gasteiger partial charge < -0.3 is 5.21 Å². The van der Waals surface area contributed by atoms with Crippen LogP contribution in [0.3, 0.4) is 0 Å². The molecule has 2 aromatic carbocycles.